The summed E-state index contributed by atoms with van der Waals surface area (Å²) in [6, 6.07) is 8.33. The molecular formula is C22H24Cl3FN2O2S. The van der Waals surface area contributed by atoms with Crippen molar-refractivity contribution in [1.82, 2.24) is 9.62 Å². The zero-order chi connectivity index (χ0) is 22.5. The maximum Gasteiger partial charge on any atom is 0.264 e. The first-order valence-electron chi connectivity index (χ1n) is 9.93. The molecule has 1 aliphatic rings. The Balaban J connectivity index is 1.54. The van der Waals surface area contributed by atoms with Crippen LogP contribution in [0.1, 0.15) is 41.7 Å². The lowest BCUT2D eigenvalue weighted by atomic mass is 9.95. The summed E-state index contributed by atoms with van der Waals surface area (Å²) < 4.78 is 22.6. The number of carbonyl (C=O) groups excluding carboxylic acids is 1. The number of carbonyl (C=O) groups is 1. The highest BCUT2D eigenvalue weighted by Crippen LogP contribution is 2.32. The Hall–Kier alpha value is -1.18. The Kier molecular flexibility index (Phi) is 8.76. The van der Waals surface area contributed by atoms with E-state index in [1.54, 1.807) is 12.3 Å². The number of rotatable bonds is 7. The van der Waals surface area contributed by atoms with Gasteiger partial charge in [0, 0.05) is 28.4 Å². The zero-order valence-electron chi connectivity index (χ0n) is 17.3. The lowest BCUT2D eigenvalue weighted by molar-refractivity contribution is 0.0980. The van der Waals surface area contributed by atoms with Crippen molar-refractivity contribution in [3.05, 3.63) is 62.3 Å². The number of nitrogens with one attached hydrogen (secondary N) is 1. The van der Waals surface area contributed by atoms with Crippen LogP contribution in [0.5, 0.6) is 5.75 Å². The smallest absolute Gasteiger partial charge is 0.264 e. The molecule has 0 aliphatic carbocycles. The molecule has 0 aromatic heterocycles. The summed E-state index contributed by atoms with van der Waals surface area (Å²) in [4.78, 5) is 14.3. The van der Waals surface area contributed by atoms with Crippen LogP contribution in [0.15, 0.2) is 30.3 Å². The molecule has 2 aromatic carbocycles. The molecule has 1 atom stereocenters. The first-order valence-corrected chi connectivity index (χ1v) is 12.3. The number of ether oxygens (including phenoxy) is 1. The molecule has 0 radical (unpaired) electrons. The van der Waals surface area contributed by atoms with Gasteiger partial charge in [0.15, 0.2) is 0 Å². The van der Waals surface area contributed by atoms with E-state index in [0.29, 0.717) is 22.6 Å². The predicted molar refractivity (Wildman–Crippen MR) is 127 cm³/mol. The van der Waals surface area contributed by atoms with Crippen LogP contribution in [0.2, 0.25) is 15.1 Å². The summed E-state index contributed by atoms with van der Waals surface area (Å²) >= 11 is 19.6. The predicted octanol–water partition coefficient (Wildman–Crippen LogP) is 6.65. The van der Waals surface area contributed by atoms with E-state index in [-0.39, 0.29) is 22.4 Å². The topological polar surface area (TPSA) is 41.6 Å². The Morgan fingerprint density at radius 2 is 1.84 bits per heavy atom. The molecule has 1 unspecified atom stereocenters. The van der Waals surface area contributed by atoms with E-state index in [4.69, 9.17) is 39.5 Å². The first-order chi connectivity index (χ1) is 14.8. The number of hydrogen-bond donors (Lipinski definition) is 1. The van der Waals surface area contributed by atoms with Crippen LogP contribution < -0.4 is 9.46 Å². The normalized spacial score (nSPS) is 16.2. The van der Waals surface area contributed by atoms with Crippen molar-refractivity contribution in [2.45, 2.75) is 25.8 Å². The van der Waals surface area contributed by atoms with Crippen LogP contribution >= 0.6 is 46.8 Å². The highest BCUT2D eigenvalue weighted by molar-refractivity contribution is 7.97. The number of piperidine rings is 1. The van der Waals surface area contributed by atoms with Crippen molar-refractivity contribution in [2.75, 3.05) is 26.0 Å². The summed E-state index contributed by atoms with van der Waals surface area (Å²) in [5.74, 6) is -0.593. The lowest BCUT2D eigenvalue weighted by Gasteiger charge is -2.36. The molecule has 1 aliphatic heterocycles. The number of likely N-dealkylation sites (tertiary alicyclic amines) is 1. The highest BCUT2D eigenvalue weighted by atomic mass is 35.5. The number of hydrogen-bond acceptors (Lipinski definition) is 4. The van der Waals surface area contributed by atoms with Gasteiger partial charge in [0.05, 0.1) is 17.2 Å². The maximum absolute atomic E-state index is 14.3. The minimum atomic E-state index is -0.658. The van der Waals surface area contributed by atoms with Gasteiger partial charge in [0.25, 0.3) is 5.91 Å². The first kappa shape index (κ1) is 24.5. The monoisotopic (exact) mass is 504 g/mol. The van der Waals surface area contributed by atoms with Crippen LogP contribution in [0.25, 0.3) is 0 Å². The number of halogens is 4. The summed E-state index contributed by atoms with van der Waals surface area (Å²) in [7, 11) is 0. The van der Waals surface area contributed by atoms with Crippen molar-refractivity contribution in [3.63, 3.8) is 0 Å². The second kappa shape index (κ2) is 11.1. The molecule has 168 valence electrons. The summed E-state index contributed by atoms with van der Waals surface area (Å²) in [5.41, 5.74) is 0.996. The minimum Gasteiger partial charge on any atom is -0.492 e. The van der Waals surface area contributed by atoms with Gasteiger partial charge in [-0.25, -0.2) is 4.39 Å². The van der Waals surface area contributed by atoms with Gasteiger partial charge in [0.1, 0.15) is 11.6 Å². The third-order valence-electron chi connectivity index (χ3n) is 5.50. The molecule has 1 N–H and O–H groups in total. The van der Waals surface area contributed by atoms with Gasteiger partial charge in [-0.15, -0.1) is 0 Å². The van der Waals surface area contributed by atoms with Crippen LogP contribution in [-0.4, -0.2) is 36.8 Å². The summed E-state index contributed by atoms with van der Waals surface area (Å²) in [5, 5.41) is 1.49. The fourth-order valence-corrected chi connectivity index (χ4v) is 4.76. The van der Waals surface area contributed by atoms with Crippen molar-refractivity contribution in [2.24, 2.45) is 5.92 Å². The number of benzene rings is 2. The molecule has 0 bridgehead atoms. The Morgan fingerprint density at radius 3 is 2.45 bits per heavy atom. The van der Waals surface area contributed by atoms with Gasteiger partial charge in [-0.2, -0.15) is 0 Å². The zero-order valence-corrected chi connectivity index (χ0v) is 20.3. The molecule has 1 amide bonds. The van der Waals surface area contributed by atoms with Crippen molar-refractivity contribution in [3.8, 4) is 5.75 Å². The average molecular weight is 506 g/mol. The number of nitrogens with zero attached hydrogens (tertiary/aromatic N) is 1. The van der Waals surface area contributed by atoms with Gasteiger partial charge >= 0.3 is 0 Å². The minimum absolute atomic E-state index is 0.102. The second-order valence-corrected chi connectivity index (χ2v) is 9.46. The maximum atomic E-state index is 14.3. The van der Waals surface area contributed by atoms with Gasteiger partial charge in [-0.3, -0.25) is 14.4 Å². The Bertz CT molecular complexity index is 919. The van der Waals surface area contributed by atoms with Crippen molar-refractivity contribution < 1.29 is 13.9 Å². The third kappa shape index (κ3) is 6.42. The fourth-order valence-electron chi connectivity index (χ4n) is 3.70. The molecule has 0 saturated carbocycles. The number of amides is 1. The van der Waals surface area contributed by atoms with E-state index in [2.05, 4.69) is 16.5 Å². The molecule has 2 aromatic rings. The van der Waals surface area contributed by atoms with Crippen molar-refractivity contribution in [1.29, 1.82) is 0 Å². The highest BCUT2D eigenvalue weighted by Gasteiger charge is 2.25. The van der Waals surface area contributed by atoms with E-state index in [9.17, 15) is 9.18 Å². The van der Waals surface area contributed by atoms with Gasteiger partial charge in [0.2, 0.25) is 0 Å². The molecule has 4 nitrogen and oxygen atoms in total. The lowest BCUT2D eigenvalue weighted by Crippen LogP contribution is -2.37. The molecule has 3 rings (SSSR count). The largest absolute Gasteiger partial charge is 0.492 e. The SMILES string of the molecule is CSNC(=O)c1cc(Cl)c(OCC2CCN(C(C)c3cc(Cl)cc(Cl)c3)CC2)cc1F. The Morgan fingerprint density at radius 1 is 1.19 bits per heavy atom. The molecule has 31 heavy (non-hydrogen) atoms. The van der Waals surface area contributed by atoms with Crippen LogP contribution in [0.3, 0.4) is 0 Å². The second-order valence-electron chi connectivity index (χ2n) is 7.57. The average Bonchev–Trinajstić information content (AvgIpc) is 2.73. The molecule has 1 saturated heterocycles. The molecular weight excluding hydrogens is 482 g/mol. The quantitative estimate of drug-likeness (QED) is 0.428. The third-order valence-corrected chi connectivity index (χ3v) is 6.62. The van der Waals surface area contributed by atoms with Crippen LogP contribution in [-0.2, 0) is 0 Å². The van der Waals surface area contributed by atoms with E-state index in [0.717, 1.165) is 43.4 Å². The molecule has 1 heterocycles. The Labute approximate surface area is 201 Å². The van der Waals surface area contributed by atoms with E-state index < -0.39 is 11.7 Å². The fraction of sp³-hybridized carbons (Fsp3) is 0.409. The molecule has 0 spiro atoms. The summed E-state index contributed by atoms with van der Waals surface area (Å²) in [6.45, 7) is 4.42. The standard InChI is InChI=1S/C22H24Cl3FN2O2S/c1-13(15-7-16(23)9-17(24)8-15)28-5-3-14(4-6-28)12-30-21-11-20(26)18(10-19(21)25)22(29)27-31-2/h7-11,13-14H,3-6,12H2,1-2H3,(H,27,29). The van der Waals surface area contributed by atoms with Crippen LogP contribution in [0, 0.1) is 11.7 Å². The van der Waals surface area contributed by atoms with Gasteiger partial charge < -0.3 is 4.74 Å². The van der Waals surface area contributed by atoms with Gasteiger partial charge in [-0.05, 0) is 68.6 Å². The van der Waals surface area contributed by atoms with E-state index >= 15 is 0 Å². The van der Waals surface area contributed by atoms with E-state index in [1.165, 1.54) is 12.1 Å². The van der Waals surface area contributed by atoms with Crippen molar-refractivity contribution >= 4 is 52.7 Å². The molecule has 9 heteroatoms. The van der Waals surface area contributed by atoms with Crippen LogP contribution in [0.4, 0.5) is 4.39 Å². The van der Waals surface area contributed by atoms with Gasteiger partial charge in [-0.1, -0.05) is 46.8 Å². The van der Waals surface area contributed by atoms with E-state index in [1.807, 2.05) is 12.1 Å². The summed E-state index contributed by atoms with van der Waals surface area (Å²) in [6.07, 6.45) is 3.59. The molecule has 1 fully saturated rings.